The van der Waals surface area contributed by atoms with E-state index in [4.69, 9.17) is 0 Å². The molecule has 1 unspecified atom stereocenters. The van der Waals surface area contributed by atoms with E-state index >= 15 is 0 Å². The van der Waals surface area contributed by atoms with Gasteiger partial charge in [-0.1, -0.05) is 73.9 Å². The summed E-state index contributed by atoms with van der Waals surface area (Å²) in [6.45, 7) is 8.95. The Morgan fingerprint density at radius 2 is 1.76 bits per heavy atom. The van der Waals surface area contributed by atoms with Crippen LogP contribution >= 0.6 is 0 Å². The number of hydrogen-bond acceptors (Lipinski definition) is 3. The van der Waals surface area contributed by atoms with Gasteiger partial charge in [0.1, 0.15) is 6.04 Å². The van der Waals surface area contributed by atoms with Gasteiger partial charge in [0.2, 0.25) is 5.91 Å². The first-order chi connectivity index (χ1) is 18.0. The molecule has 0 N–H and O–H groups in total. The Labute approximate surface area is 220 Å². The Morgan fingerprint density at radius 1 is 1.05 bits per heavy atom. The number of hydrogen-bond donors (Lipinski definition) is 0. The average molecular weight is 496 g/mol. The summed E-state index contributed by atoms with van der Waals surface area (Å²) in [4.78, 5) is 34.4. The lowest BCUT2D eigenvalue weighted by Crippen LogP contribution is -2.47. The summed E-state index contributed by atoms with van der Waals surface area (Å²) in [7, 11) is 0. The molecule has 1 aliphatic carbocycles. The van der Waals surface area contributed by atoms with Crippen LogP contribution in [-0.4, -0.2) is 35.8 Å². The van der Waals surface area contributed by atoms with Crippen LogP contribution in [0.15, 0.2) is 84.6 Å². The van der Waals surface area contributed by atoms with Crippen molar-refractivity contribution >= 4 is 23.2 Å². The fraction of sp³-hybridized carbons (Fsp3) is 0.375. The number of carbonyl (C=O) groups excluding carboxylic acids is 2. The number of fused-ring (bicyclic) bond motifs is 2. The Morgan fingerprint density at radius 3 is 2.49 bits per heavy atom. The molecule has 0 saturated heterocycles. The summed E-state index contributed by atoms with van der Waals surface area (Å²) in [5.74, 6) is -0.0821. The quantitative estimate of drug-likeness (QED) is 0.421. The third-order valence-electron chi connectivity index (χ3n) is 7.75. The van der Waals surface area contributed by atoms with Gasteiger partial charge < -0.3 is 9.80 Å². The van der Waals surface area contributed by atoms with E-state index in [1.807, 2.05) is 73.4 Å². The fourth-order valence-corrected chi connectivity index (χ4v) is 6.16. The number of para-hydroxylation sites is 2. The van der Waals surface area contributed by atoms with Crippen molar-refractivity contribution in [2.75, 3.05) is 22.9 Å². The normalized spacial score (nSPS) is 19.9. The Balaban J connectivity index is 1.56. The van der Waals surface area contributed by atoms with Gasteiger partial charge in [0.15, 0.2) is 0 Å². The number of carbonyl (C=O) groups is 2. The minimum atomic E-state index is -0.690. The summed E-state index contributed by atoms with van der Waals surface area (Å²) in [6, 6.07) is 15.8. The van der Waals surface area contributed by atoms with Crippen molar-refractivity contribution < 1.29 is 9.59 Å². The molecular weight excluding hydrogens is 458 g/mol. The molecule has 0 bridgehead atoms. The number of allylic oxidation sites excluding steroid dienone is 4. The maximum absolute atomic E-state index is 14.3. The number of rotatable bonds is 7. The smallest absolute Gasteiger partial charge is 0.255 e. The lowest BCUT2D eigenvalue weighted by molar-refractivity contribution is -0.135. The van der Waals surface area contributed by atoms with Crippen molar-refractivity contribution in [3.63, 3.8) is 0 Å². The summed E-state index contributed by atoms with van der Waals surface area (Å²) in [5.41, 5.74) is 5.76. The second-order valence-corrected chi connectivity index (χ2v) is 10.4. The van der Waals surface area contributed by atoms with Gasteiger partial charge in [0.05, 0.1) is 6.54 Å². The summed E-state index contributed by atoms with van der Waals surface area (Å²) in [6.07, 6.45) is 12.2. The van der Waals surface area contributed by atoms with E-state index in [2.05, 4.69) is 23.6 Å². The van der Waals surface area contributed by atoms with Crippen LogP contribution in [-0.2, 0) is 16.0 Å². The van der Waals surface area contributed by atoms with E-state index in [0.717, 1.165) is 61.2 Å². The van der Waals surface area contributed by atoms with E-state index in [-0.39, 0.29) is 24.4 Å². The predicted molar refractivity (Wildman–Crippen MR) is 150 cm³/mol. The molecule has 2 heterocycles. The fourth-order valence-electron chi connectivity index (χ4n) is 6.16. The Bertz CT molecular complexity index is 1250. The van der Waals surface area contributed by atoms with Gasteiger partial charge in [0.25, 0.3) is 5.91 Å². The molecule has 3 aliphatic rings. The van der Waals surface area contributed by atoms with Crippen molar-refractivity contribution in [2.24, 2.45) is 0 Å². The van der Waals surface area contributed by atoms with Crippen molar-refractivity contribution in [3.05, 3.63) is 95.7 Å². The second-order valence-electron chi connectivity index (χ2n) is 10.4. The van der Waals surface area contributed by atoms with Gasteiger partial charge in [0, 0.05) is 35.2 Å². The second kappa shape index (κ2) is 10.8. The highest BCUT2D eigenvalue weighted by Gasteiger charge is 2.46. The SMILES string of the molecule is C=C(C)/C=C(\C=C/C)N(C(=O)CN1CCc2ccccc21)C1C(=O)N(C2CCCCC2)c2ccccc21. The van der Waals surface area contributed by atoms with E-state index in [0.29, 0.717) is 5.70 Å². The van der Waals surface area contributed by atoms with Crippen LogP contribution in [0.25, 0.3) is 0 Å². The van der Waals surface area contributed by atoms with E-state index in [1.165, 1.54) is 12.0 Å². The molecule has 1 saturated carbocycles. The molecule has 1 fully saturated rings. The van der Waals surface area contributed by atoms with Crippen LogP contribution < -0.4 is 9.80 Å². The highest BCUT2D eigenvalue weighted by atomic mass is 16.2. The van der Waals surface area contributed by atoms with E-state index in [1.54, 1.807) is 4.90 Å². The molecular formula is C32H37N3O2. The molecule has 0 spiro atoms. The molecule has 5 rings (SSSR count). The highest BCUT2D eigenvalue weighted by Crippen LogP contribution is 2.44. The first kappa shape index (κ1) is 25.1. The summed E-state index contributed by atoms with van der Waals surface area (Å²) >= 11 is 0. The van der Waals surface area contributed by atoms with E-state index in [9.17, 15) is 9.59 Å². The molecule has 5 heteroatoms. The maximum atomic E-state index is 14.3. The molecule has 2 aliphatic heterocycles. The molecule has 0 radical (unpaired) electrons. The Hall–Kier alpha value is -3.60. The van der Waals surface area contributed by atoms with Gasteiger partial charge in [-0.2, -0.15) is 0 Å². The standard InChI is InChI=1S/C32H37N3O2/c1-4-12-26(21-23(2)3)35(30(36)22-33-20-19-24-13-8-10-17-28(24)33)31-27-16-9-11-18-29(27)34(32(31)37)25-14-6-5-7-15-25/h4,8-13,16-18,21,25,31H,2,5-7,14-15,19-20,22H2,1,3H3/b12-4-,26-21+. The number of anilines is 2. The van der Waals surface area contributed by atoms with Crippen molar-refractivity contribution in [1.82, 2.24) is 4.90 Å². The molecule has 2 aromatic carbocycles. The van der Waals surface area contributed by atoms with Crippen molar-refractivity contribution in [1.29, 1.82) is 0 Å². The molecule has 2 aromatic rings. The van der Waals surface area contributed by atoms with Crippen LogP contribution in [0.5, 0.6) is 0 Å². The average Bonchev–Trinajstić information content (AvgIpc) is 3.43. The molecule has 2 amide bonds. The lowest BCUT2D eigenvalue weighted by Gasteiger charge is -2.34. The number of nitrogens with zero attached hydrogens (tertiary/aromatic N) is 3. The van der Waals surface area contributed by atoms with Gasteiger partial charge in [-0.3, -0.25) is 14.5 Å². The van der Waals surface area contributed by atoms with Crippen molar-refractivity contribution in [3.8, 4) is 0 Å². The zero-order valence-electron chi connectivity index (χ0n) is 22.0. The predicted octanol–water partition coefficient (Wildman–Crippen LogP) is 6.33. The monoisotopic (exact) mass is 495 g/mol. The van der Waals surface area contributed by atoms with Crippen LogP contribution in [0.4, 0.5) is 11.4 Å². The molecule has 192 valence electrons. The third-order valence-corrected chi connectivity index (χ3v) is 7.75. The summed E-state index contributed by atoms with van der Waals surface area (Å²) in [5, 5.41) is 0. The van der Waals surface area contributed by atoms with Gasteiger partial charge in [-0.25, -0.2) is 0 Å². The lowest BCUT2D eigenvalue weighted by atomic mass is 9.94. The van der Waals surface area contributed by atoms with Gasteiger partial charge >= 0.3 is 0 Å². The minimum Gasteiger partial charge on any atom is -0.362 e. The van der Waals surface area contributed by atoms with Crippen molar-refractivity contribution in [2.45, 2.75) is 64.5 Å². The molecule has 5 nitrogen and oxygen atoms in total. The minimum absolute atomic E-state index is 0.000362. The van der Waals surface area contributed by atoms with Gasteiger partial charge in [-0.15, -0.1) is 0 Å². The molecule has 0 aromatic heterocycles. The molecule has 1 atom stereocenters. The highest BCUT2D eigenvalue weighted by molar-refractivity contribution is 6.07. The number of benzene rings is 2. The van der Waals surface area contributed by atoms with Crippen LogP contribution in [0.3, 0.4) is 0 Å². The van der Waals surface area contributed by atoms with Crippen LogP contribution in [0.1, 0.15) is 63.1 Å². The maximum Gasteiger partial charge on any atom is 0.255 e. The third kappa shape index (κ3) is 4.87. The van der Waals surface area contributed by atoms with Gasteiger partial charge in [-0.05, 0) is 63.0 Å². The first-order valence-corrected chi connectivity index (χ1v) is 13.6. The zero-order valence-corrected chi connectivity index (χ0v) is 22.0. The van der Waals surface area contributed by atoms with Crippen LogP contribution in [0, 0.1) is 0 Å². The largest absolute Gasteiger partial charge is 0.362 e. The molecule has 37 heavy (non-hydrogen) atoms. The first-order valence-electron chi connectivity index (χ1n) is 13.6. The number of amides is 2. The zero-order chi connectivity index (χ0) is 25.9. The van der Waals surface area contributed by atoms with Crippen LogP contribution in [0.2, 0.25) is 0 Å². The summed E-state index contributed by atoms with van der Waals surface area (Å²) < 4.78 is 0. The topological polar surface area (TPSA) is 43.9 Å². The van der Waals surface area contributed by atoms with E-state index < -0.39 is 6.04 Å². The Kier molecular flexibility index (Phi) is 7.31.